The van der Waals surface area contributed by atoms with E-state index in [1.165, 1.54) is 6.07 Å². The van der Waals surface area contributed by atoms with Crippen LogP contribution < -0.4 is 5.73 Å². The molecule has 0 saturated heterocycles. The molecule has 0 spiro atoms. The van der Waals surface area contributed by atoms with Gasteiger partial charge in [-0.3, -0.25) is 0 Å². The van der Waals surface area contributed by atoms with E-state index in [9.17, 15) is 4.39 Å². The van der Waals surface area contributed by atoms with Gasteiger partial charge in [0.05, 0.1) is 4.47 Å². The highest BCUT2D eigenvalue weighted by atomic mass is 79.9. The number of hydrogen-bond acceptors (Lipinski definition) is 1. The summed E-state index contributed by atoms with van der Waals surface area (Å²) in [4.78, 5) is 0. The lowest BCUT2D eigenvalue weighted by Crippen LogP contribution is -2.28. The van der Waals surface area contributed by atoms with Gasteiger partial charge in [-0.15, -0.1) is 0 Å². The van der Waals surface area contributed by atoms with E-state index in [-0.39, 0.29) is 11.9 Å². The molecule has 0 fully saturated rings. The molecule has 0 aliphatic rings. The summed E-state index contributed by atoms with van der Waals surface area (Å²) >= 11 is 3.12. The summed E-state index contributed by atoms with van der Waals surface area (Å²) in [7, 11) is 0. The Labute approximate surface area is 92.6 Å². The van der Waals surface area contributed by atoms with Gasteiger partial charge in [0.2, 0.25) is 0 Å². The van der Waals surface area contributed by atoms with Gasteiger partial charge in [0, 0.05) is 6.04 Å². The summed E-state index contributed by atoms with van der Waals surface area (Å²) in [5.41, 5.74) is 6.85. The number of rotatable bonds is 3. The van der Waals surface area contributed by atoms with E-state index in [0.29, 0.717) is 10.4 Å². The summed E-state index contributed by atoms with van der Waals surface area (Å²) in [5, 5.41) is 0. The summed E-state index contributed by atoms with van der Waals surface area (Å²) in [6, 6.07) is 5.25. The molecule has 1 unspecified atom stereocenters. The van der Waals surface area contributed by atoms with Crippen molar-refractivity contribution in [3.05, 3.63) is 34.1 Å². The predicted molar refractivity (Wildman–Crippen MR) is 60.6 cm³/mol. The monoisotopic (exact) mass is 259 g/mol. The number of halogens is 2. The van der Waals surface area contributed by atoms with Gasteiger partial charge in [-0.1, -0.05) is 19.9 Å². The third kappa shape index (κ3) is 3.07. The number of nitrogens with two attached hydrogens (primary N) is 1. The fraction of sp³-hybridized carbons (Fsp3) is 0.455. The third-order valence-electron chi connectivity index (χ3n) is 2.31. The Balaban J connectivity index is 2.73. The minimum absolute atomic E-state index is 0.0931. The van der Waals surface area contributed by atoms with Crippen molar-refractivity contribution < 1.29 is 4.39 Å². The standard InChI is InChI=1S/C11H15BrFN/c1-7(2)11(14)6-8-3-4-9(12)10(13)5-8/h3-5,7,11H,6,14H2,1-2H3. The van der Waals surface area contributed by atoms with E-state index < -0.39 is 0 Å². The lowest BCUT2D eigenvalue weighted by Gasteiger charge is -2.15. The molecular formula is C11H15BrFN. The van der Waals surface area contributed by atoms with Crippen LogP contribution in [0, 0.1) is 11.7 Å². The zero-order valence-corrected chi connectivity index (χ0v) is 10.0. The Bertz CT molecular complexity index is 312. The first-order valence-corrected chi connectivity index (χ1v) is 5.49. The molecule has 1 rings (SSSR count). The van der Waals surface area contributed by atoms with Gasteiger partial charge >= 0.3 is 0 Å². The minimum atomic E-state index is -0.224. The second kappa shape index (κ2) is 4.89. The van der Waals surface area contributed by atoms with Crippen LogP contribution in [0.3, 0.4) is 0 Å². The molecule has 0 aliphatic heterocycles. The summed E-state index contributed by atoms with van der Waals surface area (Å²) in [6.45, 7) is 4.14. The van der Waals surface area contributed by atoms with Crippen molar-refractivity contribution in [3.8, 4) is 0 Å². The van der Waals surface area contributed by atoms with E-state index in [4.69, 9.17) is 5.73 Å². The maximum absolute atomic E-state index is 13.1. The molecule has 0 radical (unpaired) electrons. The highest BCUT2D eigenvalue weighted by Gasteiger charge is 2.09. The van der Waals surface area contributed by atoms with E-state index in [2.05, 4.69) is 29.8 Å². The molecule has 3 heteroatoms. The van der Waals surface area contributed by atoms with Gasteiger partial charge in [-0.25, -0.2) is 4.39 Å². The first kappa shape index (κ1) is 11.7. The smallest absolute Gasteiger partial charge is 0.137 e. The fourth-order valence-corrected chi connectivity index (χ4v) is 1.42. The maximum atomic E-state index is 13.1. The molecule has 0 bridgehead atoms. The maximum Gasteiger partial charge on any atom is 0.137 e. The van der Waals surface area contributed by atoms with Crippen molar-refractivity contribution in [3.63, 3.8) is 0 Å². The van der Waals surface area contributed by atoms with Crippen molar-refractivity contribution >= 4 is 15.9 Å². The van der Waals surface area contributed by atoms with Crippen LogP contribution >= 0.6 is 15.9 Å². The molecule has 1 aromatic carbocycles. The van der Waals surface area contributed by atoms with Gasteiger partial charge in [0.15, 0.2) is 0 Å². The summed E-state index contributed by atoms with van der Waals surface area (Å²) in [5.74, 6) is 0.195. The van der Waals surface area contributed by atoms with E-state index in [1.807, 2.05) is 6.07 Å². The van der Waals surface area contributed by atoms with Crippen molar-refractivity contribution in [2.45, 2.75) is 26.3 Å². The molecule has 0 saturated carbocycles. The minimum Gasteiger partial charge on any atom is -0.327 e. The lowest BCUT2D eigenvalue weighted by atomic mass is 9.97. The molecule has 0 aliphatic carbocycles. The first-order chi connectivity index (χ1) is 6.50. The SMILES string of the molecule is CC(C)C(N)Cc1ccc(Br)c(F)c1. The second-order valence-corrected chi connectivity index (χ2v) is 4.71. The molecule has 78 valence electrons. The lowest BCUT2D eigenvalue weighted by molar-refractivity contribution is 0.489. The van der Waals surface area contributed by atoms with Crippen LogP contribution in [0.2, 0.25) is 0 Å². The van der Waals surface area contributed by atoms with Crippen molar-refractivity contribution in [2.75, 3.05) is 0 Å². The largest absolute Gasteiger partial charge is 0.327 e. The molecule has 14 heavy (non-hydrogen) atoms. The molecule has 1 aromatic rings. The van der Waals surface area contributed by atoms with Crippen LogP contribution in [-0.4, -0.2) is 6.04 Å². The van der Waals surface area contributed by atoms with Crippen LogP contribution in [0.1, 0.15) is 19.4 Å². The van der Waals surface area contributed by atoms with Crippen molar-refractivity contribution in [1.29, 1.82) is 0 Å². The van der Waals surface area contributed by atoms with Gasteiger partial charge < -0.3 is 5.73 Å². The van der Waals surface area contributed by atoms with Crippen LogP contribution in [0.25, 0.3) is 0 Å². The average Bonchev–Trinajstić information content (AvgIpc) is 2.11. The Kier molecular flexibility index (Phi) is 4.08. The first-order valence-electron chi connectivity index (χ1n) is 4.70. The molecule has 2 N–H and O–H groups in total. The number of benzene rings is 1. The zero-order chi connectivity index (χ0) is 10.7. The normalized spacial score (nSPS) is 13.3. The number of hydrogen-bond donors (Lipinski definition) is 1. The van der Waals surface area contributed by atoms with Crippen LogP contribution in [0.4, 0.5) is 4.39 Å². The van der Waals surface area contributed by atoms with Crippen LogP contribution in [-0.2, 0) is 6.42 Å². The zero-order valence-electron chi connectivity index (χ0n) is 8.43. The Hall–Kier alpha value is -0.410. The quantitative estimate of drug-likeness (QED) is 0.887. The van der Waals surface area contributed by atoms with Gasteiger partial charge in [0.1, 0.15) is 5.82 Å². The predicted octanol–water partition coefficient (Wildman–Crippen LogP) is 3.11. The molecule has 0 aromatic heterocycles. The van der Waals surface area contributed by atoms with E-state index in [0.717, 1.165) is 12.0 Å². The molecule has 1 nitrogen and oxygen atoms in total. The fourth-order valence-electron chi connectivity index (χ4n) is 1.17. The summed E-state index contributed by atoms with van der Waals surface area (Å²) in [6.07, 6.45) is 0.724. The third-order valence-corrected chi connectivity index (χ3v) is 2.95. The van der Waals surface area contributed by atoms with Crippen molar-refractivity contribution in [2.24, 2.45) is 11.7 Å². The van der Waals surface area contributed by atoms with Gasteiger partial charge in [0.25, 0.3) is 0 Å². The Morgan fingerprint density at radius 2 is 2.07 bits per heavy atom. The van der Waals surface area contributed by atoms with E-state index in [1.54, 1.807) is 6.07 Å². The highest BCUT2D eigenvalue weighted by molar-refractivity contribution is 9.10. The average molecular weight is 260 g/mol. The van der Waals surface area contributed by atoms with Gasteiger partial charge in [-0.05, 0) is 46.0 Å². The Morgan fingerprint density at radius 1 is 1.43 bits per heavy atom. The van der Waals surface area contributed by atoms with Crippen LogP contribution in [0.5, 0.6) is 0 Å². The molecule has 0 amide bonds. The topological polar surface area (TPSA) is 26.0 Å². The molecule has 0 heterocycles. The van der Waals surface area contributed by atoms with E-state index >= 15 is 0 Å². The van der Waals surface area contributed by atoms with Crippen LogP contribution in [0.15, 0.2) is 22.7 Å². The molecule has 1 atom stereocenters. The van der Waals surface area contributed by atoms with Crippen molar-refractivity contribution in [1.82, 2.24) is 0 Å². The second-order valence-electron chi connectivity index (χ2n) is 3.86. The molecular weight excluding hydrogens is 245 g/mol. The Morgan fingerprint density at radius 3 is 2.57 bits per heavy atom. The highest BCUT2D eigenvalue weighted by Crippen LogP contribution is 2.18. The summed E-state index contributed by atoms with van der Waals surface area (Å²) < 4.78 is 13.6. The van der Waals surface area contributed by atoms with Gasteiger partial charge in [-0.2, -0.15) is 0 Å².